The summed E-state index contributed by atoms with van der Waals surface area (Å²) in [7, 11) is 3.23. The van der Waals surface area contributed by atoms with Crippen LogP contribution in [0.3, 0.4) is 0 Å². The van der Waals surface area contributed by atoms with Crippen LogP contribution in [0.2, 0.25) is 0 Å². The van der Waals surface area contributed by atoms with E-state index in [0.717, 1.165) is 66.9 Å². The van der Waals surface area contributed by atoms with Gasteiger partial charge in [0.15, 0.2) is 11.3 Å². The third kappa shape index (κ3) is 8.86. The number of nitriles is 3. The zero-order chi connectivity index (χ0) is 39.5. The van der Waals surface area contributed by atoms with E-state index in [1.807, 2.05) is 12.2 Å². The van der Waals surface area contributed by atoms with Crippen molar-refractivity contribution in [1.29, 1.82) is 15.8 Å². The summed E-state index contributed by atoms with van der Waals surface area (Å²) in [4.78, 5) is 2.40. The van der Waals surface area contributed by atoms with Crippen molar-refractivity contribution in [1.82, 2.24) is 0 Å². The Morgan fingerprint density at radius 1 is 0.981 bits per heavy atom. The molecule has 1 atom stereocenters. The number of rotatable bonds is 14. The fourth-order valence-electron chi connectivity index (χ4n) is 7.24. The van der Waals surface area contributed by atoms with Gasteiger partial charge < -0.3 is 19.1 Å². The van der Waals surface area contributed by atoms with E-state index in [2.05, 4.69) is 50.8 Å². The molecule has 4 rings (SSSR count). The maximum Gasteiger partial charge on any atom is 0.436 e. The van der Waals surface area contributed by atoms with Gasteiger partial charge in [-0.3, -0.25) is 0 Å². The average molecular weight is 739 g/mol. The number of nitrogens with zero attached hydrogens (tertiary/aromatic N) is 4. The minimum Gasteiger partial charge on any atom is -0.496 e. The number of hydrogen-bond donors (Lipinski definition) is 0. The first-order chi connectivity index (χ1) is 25.8. The van der Waals surface area contributed by atoms with Gasteiger partial charge in [0.25, 0.3) is 5.60 Å². The summed E-state index contributed by atoms with van der Waals surface area (Å²) in [6.45, 7) is 10.6. The van der Waals surface area contributed by atoms with E-state index in [1.165, 1.54) is 24.3 Å². The molecule has 7 nitrogen and oxygen atoms in total. The third-order valence-electron chi connectivity index (χ3n) is 9.85. The summed E-state index contributed by atoms with van der Waals surface area (Å²) in [5, 5.41) is 29.3. The molecular weight excluding hydrogens is 690 g/mol. The zero-order valence-corrected chi connectivity index (χ0v) is 32.1. The van der Waals surface area contributed by atoms with Gasteiger partial charge in [-0.2, -0.15) is 29.0 Å². The van der Waals surface area contributed by atoms with E-state index in [0.29, 0.717) is 25.0 Å². The van der Waals surface area contributed by atoms with Gasteiger partial charge in [-0.15, -0.1) is 0 Å². The van der Waals surface area contributed by atoms with Gasteiger partial charge in [0, 0.05) is 36.0 Å². The first-order valence-corrected chi connectivity index (χ1v) is 18.4. The summed E-state index contributed by atoms with van der Waals surface area (Å²) in [6, 6.07) is 11.2. The van der Waals surface area contributed by atoms with Crippen LogP contribution in [0.4, 0.5) is 18.9 Å². The number of methoxy groups -OCH3 is 2. The Hall–Kier alpha value is -5.40. The van der Waals surface area contributed by atoms with Crippen LogP contribution in [0, 0.1) is 39.4 Å². The third-order valence-corrected chi connectivity index (χ3v) is 9.85. The second-order valence-electron chi connectivity index (χ2n) is 14.3. The first kappa shape index (κ1) is 41.4. The standard InChI is InChI=1S/C44H49F3N4O3/c1-7-9-23-51(24-10-8-2)36-22-21-31(39(25-36)52-5)19-20-33-27-42(3,4)26-32(40(33)53-6)15-14-18-38-37(30-50)41(34(28-48)29-49)54-43(38,44(45,46)47)35-16-12-11-13-17-35/h11-12,14-16,18-22,25H,7-10,13,17,23-24,26-27H2,1-6H3/b18-14+,20-19+,32-15+. The molecular formula is C44H49F3N4O3. The lowest BCUT2D eigenvalue weighted by Gasteiger charge is -2.36. The van der Waals surface area contributed by atoms with Crippen LogP contribution in [-0.4, -0.2) is 39.1 Å². The molecule has 1 aromatic carbocycles. The van der Waals surface area contributed by atoms with Crippen LogP contribution in [0.5, 0.6) is 5.75 Å². The van der Waals surface area contributed by atoms with E-state index in [9.17, 15) is 15.8 Å². The van der Waals surface area contributed by atoms with Crippen molar-refractivity contribution in [3.63, 3.8) is 0 Å². The number of unbranched alkanes of at least 4 members (excludes halogenated alkanes) is 2. The normalized spacial score (nSPS) is 20.5. The van der Waals surface area contributed by atoms with Crippen molar-refractivity contribution in [2.45, 2.75) is 90.8 Å². The minimum absolute atomic E-state index is 0.0127. The van der Waals surface area contributed by atoms with E-state index >= 15 is 13.2 Å². The number of alkyl halides is 3. The van der Waals surface area contributed by atoms with Crippen LogP contribution in [0.1, 0.15) is 84.6 Å². The highest BCUT2D eigenvalue weighted by atomic mass is 19.4. The molecule has 0 saturated carbocycles. The number of anilines is 1. The molecule has 0 aromatic heterocycles. The van der Waals surface area contributed by atoms with Gasteiger partial charge in [0.05, 0.1) is 14.2 Å². The smallest absolute Gasteiger partial charge is 0.436 e. The monoisotopic (exact) mass is 738 g/mol. The fraction of sp³-hybridized carbons (Fsp3) is 0.432. The van der Waals surface area contributed by atoms with Gasteiger partial charge in [0.1, 0.15) is 35.3 Å². The van der Waals surface area contributed by atoms with Crippen LogP contribution in [0.15, 0.2) is 106 Å². The maximum atomic E-state index is 15.3. The van der Waals surface area contributed by atoms with Crippen molar-refractivity contribution < 1.29 is 27.4 Å². The first-order valence-electron chi connectivity index (χ1n) is 18.4. The van der Waals surface area contributed by atoms with E-state index in [1.54, 1.807) is 44.6 Å². The van der Waals surface area contributed by atoms with Crippen molar-refractivity contribution >= 4 is 11.8 Å². The number of halogens is 3. The topological polar surface area (TPSA) is 102 Å². The summed E-state index contributed by atoms with van der Waals surface area (Å²) in [5.74, 6) is 0.674. The quantitative estimate of drug-likeness (QED) is 0.175. The SMILES string of the molecule is CCCCN(CCCC)c1ccc(/C=C/C2=C(OC)C(=C/C=C/C3=C(C#N)C(=C(C#N)C#N)OC3(C3=CC=CCC3)C(F)(F)F)/CC(C)(C)C2)c(OC)c1. The van der Waals surface area contributed by atoms with Gasteiger partial charge >= 0.3 is 6.18 Å². The average Bonchev–Trinajstić information content (AvgIpc) is 3.49. The summed E-state index contributed by atoms with van der Waals surface area (Å²) >= 11 is 0. The van der Waals surface area contributed by atoms with E-state index < -0.39 is 34.3 Å². The molecule has 3 aliphatic rings. The molecule has 0 spiro atoms. The van der Waals surface area contributed by atoms with E-state index in [4.69, 9.17) is 14.2 Å². The molecule has 1 heterocycles. The van der Waals surface area contributed by atoms with Gasteiger partial charge in [-0.05, 0) is 72.8 Å². The molecule has 2 aliphatic carbocycles. The summed E-state index contributed by atoms with van der Waals surface area (Å²) in [6.07, 6.45) is 13.9. The Bertz CT molecular complexity index is 1930. The largest absolute Gasteiger partial charge is 0.496 e. The van der Waals surface area contributed by atoms with Crippen molar-refractivity contribution in [3.05, 3.63) is 111 Å². The summed E-state index contributed by atoms with van der Waals surface area (Å²) < 4.78 is 63.2. The highest BCUT2D eigenvalue weighted by Crippen LogP contribution is 2.55. The number of benzene rings is 1. The fourth-order valence-corrected chi connectivity index (χ4v) is 7.24. The maximum absolute atomic E-state index is 15.3. The molecule has 1 aromatic rings. The molecule has 0 amide bonds. The lowest BCUT2D eigenvalue weighted by atomic mass is 9.74. The minimum atomic E-state index is -5.03. The van der Waals surface area contributed by atoms with Crippen molar-refractivity contribution in [2.75, 3.05) is 32.2 Å². The molecule has 0 radical (unpaired) electrons. The lowest BCUT2D eigenvalue weighted by molar-refractivity contribution is -0.229. The van der Waals surface area contributed by atoms with E-state index in [-0.39, 0.29) is 17.4 Å². The van der Waals surface area contributed by atoms with Crippen molar-refractivity contribution in [2.24, 2.45) is 5.41 Å². The Labute approximate surface area is 318 Å². The Morgan fingerprint density at radius 2 is 1.69 bits per heavy atom. The van der Waals surface area contributed by atoms with Gasteiger partial charge in [-0.1, -0.05) is 89.1 Å². The molecule has 284 valence electrons. The predicted molar refractivity (Wildman–Crippen MR) is 206 cm³/mol. The van der Waals surface area contributed by atoms with Crippen molar-refractivity contribution in [3.8, 4) is 24.0 Å². The second-order valence-corrected chi connectivity index (χ2v) is 14.3. The molecule has 1 aliphatic heterocycles. The zero-order valence-electron chi connectivity index (χ0n) is 32.1. The number of allylic oxidation sites excluding steroid dienone is 10. The van der Waals surface area contributed by atoms with Crippen LogP contribution in [0.25, 0.3) is 6.08 Å². The van der Waals surface area contributed by atoms with Crippen LogP contribution in [-0.2, 0) is 9.47 Å². The summed E-state index contributed by atoms with van der Waals surface area (Å²) in [5.41, 5.74) is -1.41. The highest BCUT2D eigenvalue weighted by molar-refractivity contribution is 5.67. The number of ether oxygens (including phenoxy) is 3. The molecule has 0 saturated heterocycles. The molecule has 54 heavy (non-hydrogen) atoms. The van der Waals surface area contributed by atoms with Crippen LogP contribution >= 0.6 is 0 Å². The molecule has 0 N–H and O–H groups in total. The van der Waals surface area contributed by atoms with Gasteiger partial charge in [-0.25, -0.2) is 0 Å². The Kier molecular flexibility index (Phi) is 13.9. The highest BCUT2D eigenvalue weighted by Gasteiger charge is 2.65. The second kappa shape index (κ2) is 18.1. The Balaban J connectivity index is 1.80. The molecule has 1 unspecified atom stereocenters. The number of hydrogen-bond acceptors (Lipinski definition) is 7. The van der Waals surface area contributed by atoms with Crippen LogP contribution < -0.4 is 9.64 Å². The van der Waals surface area contributed by atoms with Gasteiger partial charge in [0.2, 0.25) is 0 Å². The molecule has 10 heteroatoms. The lowest BCUT2D eigenvalue weighted by Crippen LogP contribution is -2.48. The predicted octanol–water partition coefficient (Wildman–Crippen LogP) is 11.0. The Morgan fingerprint density at radius 3 is 2.24 bits per heavy atom. The molecule has 0 bridgehead atoms. The molecule has 0 fully saturated rings.